The van der Waals surface area contributed by atoms with Crippen LogP contribution in [0.15, 0.2) is 36.5 Å². The fraction of sp³-hybridized carbons (Fsp3) is 0.278. The number of carbonyl (C=O) groups excluding carboxylic acids is 2. The van der Waals surface area contributed by atoms with E-state index in [9.17, 15) is 9.59 Å². The number of nitrogens with zero attached hydrogens (tertiary/aromatic N) is 1. The van der Waals surface area contributed by atoms with E-state index in [1.165, 1.54) is 13.3 Å². The van der Waals surface area contributed by atoms with Gasteiger partial charge in [-0.05, 0) is 36.8 Å². The summed E-state index contributed by atoms with van der Waals surface area (Å²) in [4.78, 5) is 27.8. The van der Waals surface area contributed by atoms with Gasteiger partial charge in [0, 0.05) is 12.7 Å². The molecule has 0 atom stereocenters. The second kappa shape index (κ2) is 9.03. The van der Waals surface area contributed by atoms with Crippen molar-refractivity contribution in [3.05, 3.63) is 52.7 Å². The Kier molecular flexibility index (Phi) is 6.77. The fourth-order valence-corrected chi connectivity index (χ4v) is 2.25. The van der Waals surface area contributed by atoms with Gasteiger partial charge in [0.1, 0.15) is 5.82 Å². The molecule has 132 valence electrons. The number of amides is 1. The van der Waals surface area contributed by atoms with Crippen molar-refractivity contribution in [3.63, 3.8) is 0 Å². The van der Waals surface area contributed by atoms with E-state index in [1.807, 2.05) is 0 Å². The molecular formula is C18H20ClN3O3. The molecule has 1 amide bonds. The molecular weight excluding hydrogens is 342 g/mol. The molecule has 7 heteroatoms. The Hall–Kier alpha value is -2.60. The topological polar surface area (TPSA) is 80.3 Å². The molecule has 0 bridgehead atoms. The van der Waals surface area contributed by atoms with Gasteiger partial charge in [-0.2, -0.15) is 0 Å². The van der Waals surface area contributed by atoms with Crippen LogP contribution in [0.5, 0.6) is 0 Å². The maximum absolute atomic E-state index is 12.0. The van der Waals surface area contributed by atoms with Crippen molar-refractivity contribution in [2.45, 2.75) is 19.8 Å². The van der Waals surface area contributed by atoms with Crippen molar-refractivity contribution >= 4 is 35.0 Å². The summed E-state index contributed by atoms with van der Waals surface area (Å²) in [6.07, 6.45) is 3.45. The van der Waals surface area contributed by atoms with E-state index in [-0.39, 0.29) is 5.91 Å². The molecule has 6 nitrogen and oxygen atoms in total. The largest absolute Gasteiger partial charge is 0.465 e. The summed E-state index contributed by atoms with van der Waals surface area (Å²) >= 11 is 6.14. The SMILES string of the molecule is CCCCNC(=O)c1ccc(Nc2cc(C(=O)OC)ccc2Cl)nc1. The van der Waals surface area contributed by atoms with Gasteiger partial charge in [0.05, 0.1) is 28.9 Å². The number of hydrogen-bond donors (Lipinski definition) is 2. The molecule has 1 aromatic carbocycles. The predicted molar refractivity (Wildman–Crippen MR) is 97.6 cm³/mol. The smallest absolute Gasteiger partial charge is 0.337 e. The summed E-state index contributed by atoms with van der Waals surface area (Å²) in [5.74, 6) is -0.0981. The van der Waals surface area contributed by atoms with E-state index >= 15 is 0 Å². The van der Waals surface area contributed by atoms with Crippen LogP contribution in [0.4, 0.5) is 11.5 Å². The lowest BCUT2D eigenvalue weighted by Crippen LogP contribution is -2.24. The van der Waals surface area contributed by atoms with Crippen molar-refractivity contribution in [1.82, 2.24) is 10.3 Å². The third-order valence-corrected chi connectivity index (χ3v) is 3.82. The van der Waals surface area contributed by atoms with E-state index in [4.69, 9.17) is 16.3 Å². The summed E-state index contributed by atoms with van der Waals surface area (Å²) in [5, 5.41) is 6.30. The summed E-state index contributed by atoms with van der Waals surface area (Å²) in [5.41, 5.74) is 1.38. The van der Waals surface area contributed by atoms with Crippen LogP contribution in [0.2, 0.25) is 5.02 Å². The first kappa shape index (κ1) is 18.7. The fourth-order valence-electron chi connectivity index (χ4n) is 2.09. The number of carbonyl (C=O) groups is 2. The number of rotatable bonds is 7. The molecule has 1 heterocycles. The number of nitrogens with one attached hydrogen (secondary N) is 2. The van der Waals surface area contributed by atoms with Crippen molar-refractivity contribution < 1.29 is 14.3 Å². The van der Waals surface area contributed by atoms with Crippen molar-refractivity contribution in [2.75, 3.05) is 19.0 Å². The molecule has 25 heavy (non-hydrogen) atoms. The third-order valence-electron chi connectivity index (χ3n) is 3.49. The lowest BCUT2D eigenvalue weighted by atomic mass is 10.2. The van der Waals surface area contributed by atoms with Crippen molar-refractivity contribution in [3.8, 4) is 0 Å². The molecule has 0 saturated heterocycles. The molecule has 1 aromatic heterocycles. The van der Waals surface area contributed by atoms with Crippen LogP contribution >= 0.6 is 11.6 Å². The highest BCUT2D eigenvalue weighted by Crippen LogP contribution is 2.26. The third kappa shape index (κ3) is 5.19. The summed E-state index contributed by atoms with van der Waals surface area (Å²) < 4.78 is 4.69. The second-order valence-electron chi connectivity index (χ2n) is 5.35. The van der Waals surface area contributed by atoms with Crippen LogP contribution < -0.4 is 10.6 Å². The van der Waals surface area contributed by atoms with Gasteiger partial charge < -0.3 is 15.4 Å². The average molecular weight is 362 g/mol. The van der Waals surface area contributed by atoms with E-state index in [2.05, 4.69) is 22.5 Å². The van der Waals surface area contributed by atoms with Crippen LogP contribution in [-0.2, 0) is 4.74 Å². The van der Waals surface area contributed by atoms with Crippen LogP contribution in [0.3, 0.4) is 0 Å². The van der Waals surface area contributed by atoms with Crippen molar-refractivity contribution in [2.24, 2.45) is 0 Å². The molecule has 2 aromatic rings. The standard InChI is InChI=1S/C18H20ClN3O3/c1-3-4-9-20-17(23)13-6-8-16(21-11-13)22-15-10-12(18(24)25-2)5-7-14(15)19/h5-8,10-11H,3-4,9H2,1-2H3,(H,20,23)(H,21,22). The number of esters is 1. The minimum Gasteiger partial charge on any atom is -0.465 e. The molecule has 0 spiro atoms. The molecule has 0 radical (unpaired) electrons. The first-order valence-corrected chi connectivity index (χ1v) is 8.32. The number of aromatic nitrogens is 1. The number of ether oxygens (including phenoxy) is 1. The summed E-state index contributed by atoms with van der Waals surface area (Å²) in [6, 6.07) is 8.12. The van der Waals surface area contributed by atoms with Crippen LogP contribution in [0.25, 0.3) is 0 Å². The number of unbranched alkanes of at least 4 members (excludes halogenated alkanes) is 1. The van der Waals surface area contributed by atoms with Gasteiger partial charge >= 0.3 is 5.97 Å². The number of benzene rings is 1. The zero-order valence-electron chi connectivity index (χ0n) is 14.1. The highest BCUT2D eigenvalue weighted by Gasteiger charge is 2.10. The Balaban J connectivity index is 2.08. The van der Waals surface area contributed by atoms with Gasteiger partial charge in [-0.25, -0.2) is 9.78 Å². The molecule has 0 unspecified atom stereocenters. The molecule has 0 saturated carbocycles. The van der Waals surface area contributed by atoms with Crippen LogP contribution in [-0.4, -0.2) is 30.5 Å². The first-order chi connectivity index (χ1) is 12.0. The molecule has 0 aliphatic heterocycles. The Morgan fingerprint density at radius 2 is 1.96 bits per heavy atom. The maximum atomic E-state index is 12.0. The number of anilines is 2. The predicted octanol–water partition coefficient (Wildman–Crippen LogP) is 3.80. The van der Waals surface area contributed by atoms with Gasteiger partial charge in [0.25, 0.3) is 5.91 Å². The lowest BCUT2D eigenvalue weighted by molar-refractivity contribution is 0.0600. The Labute approximate surface area is 151 Å². The maximum Gasteiger partial charge on any atom is 0.337 e. The highest BCUT2D eigenvalue weighted by molar-refractivity contribution is 6.33. The molecule has 2 rings (SSSR count). The molecule has 0 aliphatic rings. The van der Waals surface area contributed by atoms with Gasteiger partial charge in [0.15, 0.2) is 0 Å². The van der Waals surface area contributed by atoms with Gasteiger partial charge in [-0.3, -0.25) is 4.79 Å². The average Bonchev–Trinajstić information content (AvgIpc) is 2.63. The van der Waals surface area contributed by atoms with E-state index in [0.717, 1.165) is 12.8 Å². The van der Waals surface area contributed by atoms with E-state index in [0.29, 0.717) is 34.2 Å². The number of pyridine rings is 1. The Morgan fingerprint density at radius 3 is 2.60 bits per heavy atom. The van der Waals surface area contributed by atoms with Gasteiger partial charge in [0.2, 0.25) is 0 Å². The number of hydrogen-bond acceptors (Lipinski definition) is 5. The zero-order valence-corrected chi connectivity index (χ0v) is 14.9. The Bertz CT molecular complexity index is 748. The monoisotopic (exact) mass is 361 g/mol. The van der Waals surface area contributed by atoms with Gasteiger partial charge in [-0.1, -0.05) is 24.9 Å². The van der Waals surface area contributed by atoms with Gasteiger partial charge in [-0.15, -0.1) is 0 Å². The summed E-state index contributed by atoms with van der Waals surface area (Å²) in [7, 11) is 1.32. The number of halogens is 1. The summed E-state index contributed by atoms with van der Waals surface area (Å²) in [6.45, 7) is 2.71. The first-order valence-electron chi connectivity index (χ1n) is 7.94. The molecule has 0 fully saturated rings. The van der Waals surface area contributed by atoms with Crippen molar-refractivity contribution in [1.29, 1.82) is 0 Å². The molecule has 0 aliphatic carbocycles. The van der Waals surface area contributed by atoms with E-state index < -0.39 is 5.97 Å². The minimum absolute atomic E-state index is 0.154. The quantitative estimate of drug-likeness (QED) is 0.579. The number of methoxy groups -OCH3 is 1. The highest BCUT2D eigenvalue weighted by atomic mass is 35.5. The van der Waals surface area contributed by atoms with Crippen LogP contribution in [0.1, 0.15) is 40.5 Å². The normalized spacial score (nSPS) is 10.2. The van der Waals surface area contributed by atoms with Crippen LogP contribution in [0, 0.1) is 0 Å². The zero-order chi connectivity index (χ0) is 18.2. The van der Waals surface area contributed by atoms with E-state index in [1.54, 1.807) is 30.3 Å². The lowest BCUT2D eigenvalue weighted by Gasteiger charge is -2.10. The Morgan fingerprint density at radius 1 is 1.20 bits per heavy atom. The minimum atomic E-state index is -0.452. The second-order valence-corrected chi connectivity index (χ2v) is 5.76. The molecule has 2 N–H and O–H groups in total.